The molecule has 12 rings (SSSR count). The van der Waals surface area contributed by atoms with Gasteiger partial charge in [0.15, 0.2) is 33.6 Å². The van der Waals surface area contributed by atoms with Gasteiger partial charge in [-0.1, -0.05) is 166 Å². The van der Waals surface area contributed by atoms with Crippen molar-refractivity contribution in [2.24, 2.45) is 82.3 Å². The van der Waals surface area contributed by atoms with E-state index in [9.17, 15) is 28.8 Å². The topological polar surface area (TPSA) is 158 Å². The lowest BCUT2D eigenvalue weighted by Gasteiger charge is -2.60. The van der Waals surface area contributed by atoms with Crippen LogP contribution in [0.3, 0.4) is 0 Å². The highest BCUT2D eigenvalue weighted by Crippen LogP contribution is 2.65. The quantitative estimate of drug-likeness (QED) is 0.0464. The molecule has 0 radical (unpaired) electrons. The molecule has 614 valence electrons. The molecule has 12 fully saturated rings. The van der Waals surface area contributed by atoms with Gasteiger partial charge in [-0.3, -0.25) is 0 Å². The molecule has 12 heteroatoms. The second kappa shape index (κ2) is 42.3. The maximum Gasteiger partial charge on any atom is 0.334 e. The summed E-state index contributed by atoms with van der Waals surface area (Å²) in [5.74, 6) is 42.2. The fraction of sp³-hybridized carbons (Fsp3) is 0.700. The molecule has 12 aliphatic carbocycles. The number of hydrogen-bond donors (Lipinski definition) is 0. The van der Waals surface area contributed by atoms with Gasteiger partial charge < -0.3 is 28.4 Å². The summed E-state index contributed by atoms with van der Waals surface area (Å²) in [6.07, 6.45) is 39.6. The second-order valence-electron chi connectivity index (χ2n) is 36.1. The Morgan fingerprint density at radius 3 is 0.964 bits per heavy atom. The monoisotopic (exact) mass is 1540 g/mol. The minimum absolute atomic E-state index is 0.0653. The highest BCUT2D eigenvalue weighted by atomic mass is 16.6. The van der Waals surface area contributed by atoms with E-state index in [4.69, 9.17) is 28.4 Å². The van der Waals surface area contributed by atoms with Crippen molar-refractivity contribution in [3.63, 3.8) is 0 Å². The average Bonchev–Trinajstić information content (AvgIpc) is 1.04. The Morgan fingerprint density at radius 2 is 0.634 bits per heavy atom. The van der Waals surface area contributed by atoms with Crippen LogP contribution in [0.2, 0.25) is 0 Å². The van der Waals surface area contributed by atoms with Crippen LogP contribution in [-0.2, 0) is 57.2 Å². The van der Waals surface area contributed by atoms with Crippen molar-refractivity contribution < 1.29 is 57.2 Å². The summed E-state index contributed by atoms with van der Waals surface area (Å²) in [4.78, 5) is 71.6. The zero-order valence-corrected chi connectivity index (χ0v) is 72.5. The lowest BCUT2D eigenvalue weighted by atomic mass is 9.45. The lowest BCUT2D eigenvalue weighted by molar-refractivity contribution is -0.183. The first kappa shape index (κ1) is 93.5. The van der Waals surface area contributed by atoms with E-state index in [1.165, 1.54) is 128 Å². The van der Waals surface area contributed by atoms with Crippen molar-refractivity contribution in [2.75, 3.05) is 0 Å². The van der Waals surface area contributed by atoms with Gasteiger partial charge in [0.05, 0.1) is 0 Å². The van der Waals surface area contributed by atoms with Gasteiger partial charge >= 0.3 is 35.8 Å². The standard InChI is InChI=1S/C19H26O2.C18H26O2.2C16H22O2.C16H24O2.C15H22O2/c1-5-6-18(4,21-17(20)13(2)3)19-10-14-7-15(11-19)9-16(8-14)12-19;1-4-13-18(15-9-5-6-10-15,16-11-7-8-12-16)20-17(19)14(2)3;1-5-8-16(4,18-15(17)11(2)3)14-10-12-6-7-13(14)9-12;1-4-11-16(14-9-10-14,13-7-5-6-8-13)18-15(17)12(2)3;1-6-11-16(13(4)5,14-9-7-8-10-14)18-15(17)12(2)3;1-5-11-15(4,17-14(16)12(2)3)13-9-7-6-8-10-13/h14-16H,2,7-12H2,1,3-4H3;15-16H,2,5-12H2,1,3H3;12-14H,2,6-7,9-10H2,1,3-4H3;13-14H,2,5-10H2,1,3H3;13-14H,2,7-10H2,1,3-5H3;13H,2,6-10H2,1,3-4H3. The summed E-state index contributed by atoms with van der Waals surface area (Å²) in [6.45, 7) is 53.3. The molecular weight excluding hydrogens is 1390 g/mol. The molecule has 0 N–H and O–H groups in total. The largest absolute Gasteiger partial charge is 0.442 e. The minimum atomic E-state index is -0.659. The van der Waals surface area contributed by atoms with Gasteiger partial charge in [0, 0.05) is 86.2 Å². The Hall–Kier alpha value is -7.38. The number of hydrogen-bond acceptors (Lipinski definition) is 12. The van der Waals surface area contributed by atoms with Crippen LogP contribution in [-0.4, -0.2) is 69.4 Å². The molecular formula is C100H142O12. The molecule has 0 aromatic carbocycles. The molecule has 6 bridgehead atoms. The van der Waals surface area contributed by atoms with Crippen molar-refractivity contribution in [1.29, 1.82) is 0 Å². The van der Waals surface area contributed by atoms with Gasteiger partial charge in [0.25, 0.3) is 0 Å². The predicted molar refractivity (Wildman–Crippen MR) is 451 cm³/mol. The van der Waals surface area contributed by atoms with Gasteiger partial charge in [0.1, 0.15) is 0 Å². The number of ether oxygens (including phenoxy) is 6. The molecule has 8 atom stereocenters. The fourth-order valence-electron chi connectivity index (χ4n) is 21.1. The third-order valence-electron chi connectivity index (χ3n) is 26.6. The molecule has 8 unspecified atom stereocenters. The van der Waals surface area contributed by atoms with Gasteiger partial charge in [-0.25, -0.2) is 28.8 Å². The Labute approximate surface area is 678 Å². The zero-order valence-electron chi connectivity index (χ0n) is 72.5. The molecule has 0 saturated heterocycles. The van der Waals surface area contributed by atoms with Crippen LogP contribution in [0.1, 0.15) is 330 Å². The molecule has 12 aliphatic rings. The zero-order chi connectivity index (χ0) is 83.0. The van der Waals surface area contributed by atoms with Crippen LogP contribution in [0, 0.1) is 153 Å². The van der Waals surface area contributed by atoms with E-state index >= 15 is 0 Å². The van der Waals surface area contributed by atoms with E-state index in [1.54, 1.807) is 62.3 Å². The summed E-state index contributed by atoms with van der Waals surface area (Å²) < 4.78 is 34.7. The molecule has 112 heavy (non-hydrogen) atoms. The number of carbonyl (C=O) groups is 6. The summed E-state index contributed by atoms with van der Waals surface area (Å²) in [6, 6.07) is 0. The highest BCUT2D eigenvalue weighted by Gasteiger charge is 2.61. The maximum atomic E-state index is 12.2. The van der Waals surface area contributed by atoms with Crippen LogP contribution in [0.4, 0.5) is 0 Å². The van der Waals surface area contributed by atoms with Gasteiger partial charge in [0.2, 0.25) is 0 Å². The average molecular weight is 1540 g/mol. The summed E-state index contributed by atoms with van der Waals surface area (Å²) in [5.41, 5.74) is -0.869. The third kappa shape index (κ3) is 23.9. The van der Waals surface area contributed by atoms with Crippen molar-refractivity contribution in [3.8, 4) is 71.0 Å². The molecule has 0 aliphatic heterocycles. The molecule has 0 spiro atoms. The molecule has 0 aromatic heterocycles. The first-order valence-corrected chi connectivity index (χ1v) is 42.9. The highest BCUT2D eigenvalue weighted by molar-refractivity contribution is 5.90. The first-order valence-electron chi connectivity index (χ1n) is 42.9. The molecule has 12 nitrogen and oxygen atoms in total. The SMILES string of the molecule is C=C(C)C(=O)OC(C#CC)(C(C)C)C1CCCC1.C=C(C)C(=O)OC(C#CC)(C1CCCC1)C1CC1.C=C(C)C(=O)OC(C#CC)(C1CCCC1)C1CCCC1.C=C(C)C(=O)OC(C)(C#CC)C12CC3CC(CC(C3)C1)C2.C=C(C)C(=O)OC(C)(C#CC)C1CC2CCC1C2.C=C(C)C(=O)OC(C)(C#CC)C1CCCCC1. The summed E-state index contributed by atoms with van der Waals surface area (Å²) in [7, 11) is 0. The molecule has 0 amide bonds. The smallest absolute Gasteiger partial charge is 0.334 e. The van der Waals surface area contributed by atoms with Crippen molar-refractivity contribution in [1.82, 2.24) is 0 Å². The minimum Gasteiger partial charge on any atom is -0.442 e. The van der Waals surface area contributed by atoms with Crippen LogP contribution < -0.4 is 0 Å². The van der Waals surface area contributed by atoms with Gasteiger partial charge in [-0.05, 0) is 268 Å². The number of esters is 6. The molecule has 12 saturated carbocycles. The van der Waals surface area contributed by atoms with Crippen molar-refractivity contribution >= 4 is 35.8 Å². The van der Waals surface area contributed by atoms with E-state index < -0.39 is 33.6 Å². The van der Waals surface area contributed by atoms with E-state index in [-0.39, 0.29) is 47.1 Å². The maximum absolute atomic E-state index is 12.2. The summed E-state index contributed by atoms with van der Waals surface area (Å²) in [5, 5.41) is 0. The van der Waals surface area contributed by atoms with Crippen molar-refractivity contribution in [2.45, 2.75) is 363 Å². The van der Waals surface area contributed by atoms with Gasteiger partial charge in [-0.15, -0.1) is 35.5 Å². The Kier molecular flexibility index (Phi) is 35.3. The van der Waals surface area contributed by atoms with E-state index in [0.717, 1.165) is 107 Å². The molecule has 0 aromatic rings. The Morgan fingerprint density at radius 1 is 0.321 bits per heavy atom. The summed E-state index contributed by atoms with van der Waals surface area (Å²) >= 11 is 0. The van der Waals surface area contributed by atoms with Crippen LogP contribution in [0.15, 0.2) is 72.9 Å². The van der Waals surface area contributed by atoms with Crippen LogP contribution in [0.25, 0.3) is 0 Å². The fourth-order valence-corrected chi connectivity index (χ4v) is 21.1. The second-order valence-corrected chi connectivity index (χ2v) is 36.1. The van der Waals surface area contributed by atoms with Gasteiger partial charge in [-0.2, -0.15) is 0 Å². The van der Waals surface area contributed by atoms with E-state index in [2.05, 4.69) is 124 Å². The lowest BCUT2D eigenvalue weighted by Crippen LogP contribution is -2.58. The Balaban J connectivity index is 0.000000210. The first-order chi connectivity index (χ1) is 53.0. The van der Waals surface area contributed by atoms with Crippen molar-refractivity contribution in [3.05, 3.63) is 72.9 Å². The third-order valence-corrected chi connectivity index (χ3v) is 26.6. The Bertz CT molecular complexity index is 3670. The van der Waals surface area contributed by atoms with Crippen LogP contribution >= 0.6 is 0 Å². The van der Waals surface area contributed by atoms with E-state index in [0.29, 0.717) is 80.8 Å². The number of carbonyl (C=O) groups excluding carboxylic acids is 6. The number of rotatable bonds is 21. The normalized spacial score (nSPS) is 25.9. The predicted octanol–water partition coefficient (Wildman–Crippen LogP) is 22.3. The number of fused-ring (bicyclic) bond motifs is 2. The van der Waals surface area contributed by atoms with Crippen LogP contribution in [0.5, 0.6) is 0 Å². The molecule has 0 heterocycles. The van der Waals surface area contributed by atoms with E-state index in [1.807, 2.05) is 41.5 Å².